The Kier molecular flexibility index (Phi) is 27.8. The Balaban J connectivity index is 0.00000103. The molecule has 1 aliphatic rings. The molecule has 2 aromatic rings. The number of unbranched alkanes of at least 4 members (excludes halogenated alkanes) is 12. The Hall–Kier alpha value is -1.99. The standard InChI is InChI=1S/C44H68N2.2C4H9.Ni/c1-7-13-19-21-27-41-42(28-22-20-14-8-2)44(40-33-37(25-17-11-5)30-38(34-40)26-18-12-6)46(45)43(41)39-31-35(23-15-9-3)29-36(32-39)24-16-10-4;2*1-3-4-2;/h29-34H,7-28H2,1-6H3;2*1,3-4H2,2H3;. The van der Waals surface area contributed by atoms with Crippen LogP contribution >= 0.6 is 0 Å². The zero-order valence-electron chi connectivity index (χ0n) is 37.5. The third kappa shape index (κ3) is 18.4. The van der Waals surface area contributed by atoms with E-state index in [2.05, 4.69) is 91.8 Å². The first-order chi connectivity index (χ1) is 26.9. The van der Waals surface area contributed by atoms with Crippen molar-refractivity contribution >= 4 is 11.4 Å². The van der Waals surface area contributed by atoms with Crippen molar-refractivity contribution in [2.45, 2.75) is 233 Å². The van der Waals surface area contributed by atoms with Crippen molar-refractivity contribution in [2.24, 2.45) is 0 Å². The third-order valence-corrected chi connectivity index (χ3v) is 12.4. The number of aryl methyl sites for hydroxylation is 4. The van der Waals surface area contributed by atoms with Crippen LogP contribution in [0.25, 0.3) is 16.9 Å². The molecule has 1 aliphatic heterocycles. The van der Waals surface area contributed by atoms with Crippen LogP contribution in [-0.4, -0.2) is 4.70 Å². The molecule has 0 bridgehead atoms. The van der Waals surface area contributed by atoms with Crippen molar-refractivity contribution in [1.29, 1.82) is 0 Å². The first kappa shape index (κ1) is 49.2. The van der Waals surface area contributed by atoms with Crippen molar-refractivity contribution in [3.63, 3.8) is 0 Å². The molecule has 2 aromatic carbocycles. The average Bonchev–Trinajstić information content (AvgIpc) is 3.48. The molecule has 3 rings (SSSR count). The van der Waals surface area contributed by atoms with E-state index in [0.29, 0.717) is 0 Å². The summed E-state index contributed by atoms with van der Waals surface area (Å²) in [4.78, 5) is 0. The molecule has 0 amide bonds. The molecule has 0 atom stereocenters. The maximum absolute atomic E-state index is 12.5. The van der Waals surface area contributed by atoms with Gasteiger partial charge in [0.1, 0.15) is 0 Å². The van der Waals surface area contributed by atoms with Crippen LogP contribution < -0.4 is 0 Å². The Morgan fingerprint density at radius 2 is 0.673 bits per heavy atom. The summed E-state index contributed by atoms with van der Waals surface area (Å²) < 4.78 is 1.66. The molecule has 0 spiro atoms. The summed E-state index contributed by atoms with van der Waals surface area (Å²) >= 11 is 1.94. The van der Waals surface area contributed by atoms with E-state index in [4.69, 9.17) is 0 Å². The van der Waals surface area contributed by atoms with Crippen LogP contribution in [0.15, 0.2) is 47.5 Å². The van der Waals surface area contributed by atoms with Gasteiger partial charge in [0.2, 0.25) is 11.4 Å². The SMILES string of the molecule is CCCCCCC1=C(c2cc(CCCC)cc(CCCC)c2)[N+](=[N-])C(c2cc(CCCC)cc(CCCC)c2)=C1CCCCCC.CCC[CH2][Ni][CH2]CCC. The first-order valence-electron chi connectivity index (χ1n) is 23.6. The third-order valence-electron chi connectivity index (χ3n) is 11.0. The Morgan fingerprint density at radius 3 is 0.964 bits per heavy atom. The summed E-state index contributed by atoms with van der Waals surface area (Å²) in [5, 5.41) is 2.78. The van der Waals surface area contributed by atoms with Gasteiger partial charge in [0, 0.05) is 22.3 Å². The van der Waals surface area contributed by atoms with Gasteiger partial charge in [0.05, 0.1) is 0 Å². The number of allylic oxidation sites excluding steroid dienone is 2. The van der Waals surface area contributed by atoms with Gasteiger partial charge < -0.3 is 5.53 Å². The van der Waals surface area contributed by atoms with Crippen molar-refractivity contribution < 1.29 is 19.1 Å². The summed E-state index contributed by atoms with van der Waals surface area (Å²) in [5.74, 6) is 0. The van der Waals surface area contributed by atoms with Crippen LogP contribution in [0.2, 0.25) is 10.8 Å². The normalized spacial score (nSPS) is 13.0. The van der Waals surface area contributed by atoms with Gasteiger partial charge in [0.15, 0.2) is 0 Å². The maximum atomic E-state index is 12.5. The second-order valence-electron chi connectivity index (χ2n) is 16.3. The first-order valence-corrected chi connectivity index (χ1v) is 25.0. The molecular formula is C52H86N2Ni. The summed E-state index contributed by atoms with van der Waals surface area (Å²) in [6.45, 7) is 18.3. The van der Waals surface area contributed by atoms with Gasteiger partial charge in [0.25, 0.3) is 0 Å². The van der Waals surface area contributed by atoms with Crippen LogP contribution in [0.1, 0.15) is 230 Å². The van der Waals surface area contributed by atoms with Crippen molar-refractivity contribution in [1.82, 2.24) is 0 Å². The van der Waals surface area contributed by atoms with E-state index in [9.17, 15) is 5.53 Å². The minimum atomic E-state index is 1.04. The summed E-state index contributed by atoms with van der Waals surface area (Å²) in [5.41, 5.74) is 25.6. The molecule has 3 heteroatoms. The van der Waals surface area contributed by atoms with Crippen LogP contribution in [0.5, 0.6) is 0 Å². The topological polar surface area (TPSA) is 25.3 Å². The van der Waals surface area contributed by atoms with Crippen LogP contribution in [0.4, 0.5) is 0 Å². The van der Waals surface area contributed by atoms with Gasteiger partial charge in [-0.3, -0.25) is 0 Å². The van der Waals surface area contributed by atoms with E-state index < -0.39 is 0 Å². The number of hydrogen-bond acceptors (Lipinski definition) is 0. The monoisotopic (exact) mass is 797 g/mol. The predicted molar refractivity (Wildman–Crippen MR) is 242 cm³/mol. The molecule has 1 heterocycles. The fourth-order valence-corrected chi connectivity index (χ4v) is 9.04. The summed E-state index contributed by atoms with van der Waals surface area (Å²) in [7, 11) is 0. The zero-order valence-corrected chi connectivity index (χ0v) is 38.5. The van der Waals surface area contributed by atoms with Gasteiger partial charge >= 0.3 is 64.8 Å². The Morgan fingerprint density at radius 1 is 0.364 bits per heavy atom. The van der Waals surface area contributed by atoms with E-state index in [1.165, 1.54) is 184 Å². The van der Waals surface area contributed by atoms with Crippen LogP contribution in [-0.2, 0) is 40.1 Å². The van der Waals surface area contributed by atoms with Gasteiger partial charge in [-0.15, -0.1) is 0 Å². The molecule has 55 heavy (non-hydrogen) atoms. The molecular weight excluding hydrogens is 711 g/mol. The predicted octanol–water partition coefficient (Wildman–Crippen LogP) is 17.7. The van der Waals surface area contributed by atoms with Crippen molar-refractivity contribution in [2.75, 3.05) is 0 Å². The zero-order chi connectivity index (χ0) is 40.1. The molecule has 0 N–H and O–H groups in total. The Labute approximate surface area is 348 Å². The van der Waals surface area contributed by atoms with Crippen LogP contribution in [0, 0.1) is 0 Å². The van der Waals surface area contributed by atoms with E-state index in [-0.39, 0.29) is 0 Å². The fourth-order valence-electron chi connectivity index (χ4n) is 7.60. The Bertz CT molecular complexity index is 1240. The number of rotatable bonds is 30. The minimum absolute atomic E-state index is 1.04. The second-order valence-corrected chi connectivity index (χ2v) is 17.7. The average molecular weight is 798 g/mol. The quantitative estimate of drug-likeness (QED) is 0.0427. The van der Waals surface area contributed by atoms with E-state index in [0.717, 1.165) is 49.9 Å². The molecule has 0 saturated carbocycles. The summed E-state index contributed by atoms with van der Waals surface area (Å²) in [6, 6.07) is 14.6. The van der Waals surface area contributed by atoms with E-state index in [1.807, 2.05) is 14.4 Å². The molecule has 0 radical (unpaired) electrons. The molecule has 0 unspecified atom stereocenters. The van der Waals surface area contributed by atoms with Gasteiger partial charge in [-0.2, -0.15) is 0 Å². The number of benzene rings is 2. The molecule has 0 saturated heterocycles. The fraction of sp³-hybridized carbons (Fsp3) is 0.692. The van der Waals surface area contributed by atoms with E-state index >= 15 is 0 Å². The molecule has 0 aromatic heterocycles. The molecule has 0 fully saturated rings. The van der Waals surface area contributed by atoms with E-state index in [1.54, 1.807) is 4.70 Å². The second kappa shape index (κ2) is 31.1. The van der Waals surface area contributed by atoms with Crippen molar-refractivity contribution in [3.8, 4) is 0 Å². The van der Waals surface area contributed by atoms with Gasteiger partial charge in [-0.1, -0.05) is 118 Å². The van der Waals surface area contributed by atoms with Crippen molar-refractivity contribution in [3.05, 3.63) is 86.5 Å². The van der Waals surface area contributed by atoms with Gasteiger partial charge in [-0.25, -0.2) is 4.70 Å². The summed E-state index contributed by atoms with van der Waals surface area (Å²) in [6.07, 6.45) is 31.6. The van der Waals surface area contributed by atoms with Gasteiger partial charge in [-0.05, 0) is 124 Å². The number of nitrogens with zero attached hydrogens (tertiary/aromatic N) is 2. The molecule has 2 nitrogen and oxygen atoms in total. The number of hydrogen-bond donors (Lipinski definition) is 0. The molecule has 0 aliphatic carbocycles. The van der Waals surface area contributed by atoms with Crippen LogP contribution in [0.3, 0.4) is 0 Å². The molecule has 314 valence electrons.